The Morgan fingerprint density at radius 2 is 1.83 bits per heavy atom. The molecule has 0 aliphatic heterocycles. The van der Waals surface area contributed by atoms with Gasteiger partial charge in [-0.15, -0.1) is 0 Å². The molecule has 184 valence electrons. The van der Waals surface area contributed by atoms with Gasteiger partial charge in [-0.3, -0.25) is 24.3 Å². The van der Waals surface area contributed by atoms with Crippen LogP contribution < -0.4 is 5.56 Å². The van der Waals surface area contributed by atoms with Gasteiger partial charge < -0.3 is 4.90 Å². The van der Waals surface area contributed by atoms with Crippen LogP contribution in [0.5, 0.6) is 0 Å². The minimum atomic E-state index is -0.456. The lowest BCUT2D eigenvalue weighted by Crippen LogP contribution is -2.39. The van der Waals surface area contributed by atoms with Crippen LogP contribution in [0.3, 0.4) is 0 Å². The van der Waals surface area contributed by atoms with Crippen LogP contribution in [0.4, 0.5) is 5.69 Å². The highest BCUT2D eigenvalue weighted by Crippen LogP contribution is 2.25. The second kappa shape index (κ2) is 11.6. The lowest BCUT2D eigenvalue weighted by Gasteiger charge is -2.32. The standard InChI is InChI=1S/C27H32N4O4/c1-5-24(26-28-23-10-8-7-9-22(23)27(33)29(26)6-2)30(18-17-19(3)4)25(32)16-13-20-11-14-21(15-12-20)31(34)35/h7-16,19,24H,5-6,17-18H2,1-4H3/b16-13+. The van der Waals surface area contributed by atoms with E-state index in [-0.39, 0.29) is 23.2 Å². The molecular formula is C27H32N4O4. The van der Waals surface area contributed by atoms with Crippen molar-refractivity contribution in [2.24, 2.45) is 5.92 Å². The second-order valence-electron chi connectivity index (χ2n) is 8.86. The highest BCUT2D eigenvalue weighted by atomic mass is 16.6. The van der Waals surface area contributed by atoms with E-state index in [1.54, 1.807) is 33.7 Å². The largest absolute Gasteiger partial charge is 0.329 e. The summed E-state index contributed by atoms with van der Waals surface area (Å²) in [5, 5.41) is 11.5. The fourth-order valence-electron chi connectivity index (χ4n) is 4.07. The predicted octanol–water partition coefficient (Wildman–Crippen LogP) is 5.36. The van der Waals surface area contributed by atoms with E-state index in [1.807, 2.05) is 32.0 Å². The third kappa shape index (κ3) is 6.01. The molecule has 8 nitrogen and oxygen atoms in total. The van der Waals surface area contributed by atoms with Crippen LogP contribution in [0.1, 0.15) is 58.0 Å². The maximum absolute atomic E-state index is 13.4. The number of aromatic nitrogens is 2. The zero-order valence-corrected chi connectivity index (χ0v) is 20.7. The molecule has 2 aromatic carbocycles. The van der Waals surface area contributed by atoms with E-state index in [2.05, 4.69) is 13.8 Å². The maximum Gasteiger partial charge on any atom is 0.269 e. The molecule has 8 heteroatoms. The van der Waals surface area contributed by atoms with Gasteiger partial charge in [0.15, 0.2) is 0 Å². The molecule has 0 saturated heterocycles. The van der Waals surface area contributed by atoms with Crippen molar-refractivity contribution in [1.29, 1.82) is 0 Å². The molecule has 0 N–H and O–H groups in total. The summed E-state index contributed by atoms with van der Waals surface area (Å²) in [6, 6.07) is 12.9. The molecular weight excluding hydrogens is 444 g/mol. The van der Waals surface area contributed by atoms with Crippen molar-refractivity contribution in [2.75, 3.05) is 6.54 Å². The Morgan fingerprint density at radius 1 is 1.14 bits per heavy atom. The molecule has 0 spiro atoms. The Morgan fingerprint density at radius 3 is 2.43 bits per heavy atom. The molecule has 0 aliphatic carbocycles. The van der Waals surface area contributed by atoms with Crippen molar-refractivity contribution in [3.63, 3.8) is 0 Å². The van der Waals surface area contributed by atoms with Gasteiger partial charge >= 0.3 is 0 Å². The Labute approximate surface area is 205 Å². The molecule has 1 heterocycles. The van der Waals surface area contributed by atoms with E-state index in [1.165, 1.54) is 18.2 Å². The van der Waals surface area contributed by atoms with E-state index < -0.39 is 4.92 Å². The lowest BCUT2D eigenvalue weighted by molar-refractivity contribution is -0.384. The number of nitrogens with zero attached hydrogens (tertiary/aromatic N) is 4. The normalized spacial score (nSPS) is 12.4. The number of amides is 1. The highest BCUT2D eigenvalue weighted by molar-refractivity contribution is 5.92. The number of rotatable bonds is 10. The fourth-order valence-corrected chi connectivity index (χ4v) is 4.07. The van der Waals surface area contributed by atoms with Crippen molar-refractivity contribution in [3.05, 3.63) is 86.5 Å². The molecule has 1 unspecified atom stereocenters. The smallest absolute Gasteiger partial charge is 0.269 e. The summed E-state index contributed by atoms with van der Waals surface area (Å²) in [6.07, 6.45) is 4.54. The van der Waals surface area contributed by atoms with Crippen LogP contribution in [0.15, 0.2) is 59.4 Å². The van der Waals surface area contributed by atoms with Crippen molar-refractivity contribution in [3.8, 4) is 0 Å². The minimum absolute atomic E-state index is 0.00185. The van der Waals surface area contributed by atoms with Crippen LogP contribution in [-0.2, 0) is 11.3 Å². The summed E-state index contributed by atoms with van der Waals surface area (Å²) >= 11 is 0. The van der Waals surface area contributed by atoms with Crippen molar-refractivity contribution in [2.45, 2.75) is 53.1 Å². The third-order valence-corrected chi connectivity index (χ3v) is 6.02. The summed E-state index contributed by atoms with van der Waals surface area (Å²) < 4.78 is 1.66. The molecule has 1 atom stereocenters. The van der Waals surface area contributed by atoms with E-state index in [9.17, 15) is 19.7 Å². The number of carbonyl (C=O) groups is 1. The molecule has 1 aromatic heterocycles. The van der Waals surface area contributed by atoms with Gasteiger partial charge in [0.2, 0.25) is 5.91 Å². The first-order chi connectivity index (χ1) is 16.8. The molecule has 35 heavy (non-hydrogen) atoms. The van der Waals surface area contributed by atoms with Gasteiger partial charge in [0, 0.05) is 31.3 Å². The van der Waals surface area contributed by atoms with E-state index in [0.717, 1.165) is 6.42 Å². The first kappa shape index (κ1) is 25.8. The quantitative estimate of drug-likeness (QED) is 0.223. The molecule has 0 fully saturated rings. The molecule has 1 amide bonds. The average molecular weight is 477 g/mol. The Balaban J connectivity index is 2.00. The average Bonchev–Trinajstić information content (AvgIpc) is 2.85. The first-order valence-corrected chi connectivity index (χ1v) is 12.0. The summed E-state index contributed by atoms with van der Waals surface area (Å²) in [5.41, 5.74) is 1.20. The fraction of sp³-hybridized carbons (Fsp3) is 0.370. The zero-order valence-electron chi connectivity index (χ0n) is 20.7. The van der Waals surface area contributed by atoms with E-state index in [0.29, 0.717) is 47.7 Å². The SMILES string of the molecule is CCC(c1nc2ccccc2c(=O)n1CC)N(CCC(C)C)C(=O)/C=C/c1ccc([N+](=O)[O-])cc1. The molecule has 0 aliphatic rings. The number of nitro benzene ring substituents is 1. The minimum Gasteiger partial charge on any atom is -0.329 e. The zero-order chi connectivity index (χ0) is 25.5. The number of hydrogen-bond acceptors (Lipinski definition) is 5. The number of para-hydroxylation sites is 1. The summed E-state index contributed by atoms with van der Waals surface area (Å²) in [5.74, 6) is 0.778. The van der Waals surface area contributed by atoms with Crippen LogP contribution in [0.25, 0.3) is 17.0 Å². The van der Waals surface area contributed by atoms with Crippen LogP contribution >= 0.6 is 0 Å². The van der Waals surface area contributed by atoms with Crippen LogP contribution in [-0.4, -0.2) is 31.8 Å². The molecule has 3 aromatic rings. The molecule has 0 bridgehead atoms. The van der Waals surface area contributed by atoms with Gasteiger partial charge in [0.25, 0.3) is 11.2 Å². The number of carbonyl (C=O) groups excluding carboxylic acids is 1. The maximum atomic E-state index is 13.4. The molecule has 0 saturated carbocycles. The predicted molar refractivity (Wildman–Crippen MR) is 138 cm³/mol. The molecule has 3 rings (SSSR count). The van der Waals surface area contributed by atoms with Gasteiger partial charge in [0.05, 0.1) is 21.9 Å². The summed E-state index contributed by atoms with van der Waals surface area (Å²) in [6.45, 7) is 9.07. The number of nitro groups is 1. The summed E-state index contributed by atoms with van der Waals surface area (Å²) in [7, 11) is 0. The number of hydrogen-bond donors (Lipinski definition) is 0. The van der Waals surface area contributed by atoms with Crippen LogP contribution in [0, 0.1) is 16.0 Å². The Hall–Kier alpha value is -3.81. The van der Waals surface area contributed by atoms with E-state index in [4.69, 9.17) is 4.98 Å². The summed E-state index contributed by atoms with van der Waals surface area (Å²) in [4.78, 5) is 43.7. The first-order valence-electron chi connectivity index (χ1n) is 12.0. The highest BCUT2D eigenvalue weighted by Gasteiger charge is 2.27. The van der Waals surface area contributed by atoms with Crippen molar-refractivity contribution in [1.82, 2.24) is 14.5 Å². The molecule has 0 radical (unpaired) electrons. The van der Waals surface area contributed by atoms with Gasteiger partial charge in [-0.2, -0.15) is 0 Å². The van der Waals surface area contributed by atoms with Gasteiger partial charge in [-0.05, 0) is 61.6 Å². The second-order valence-corrected chi connectivity index (χ2v) is 8.86. The Kier molecular flexibility index (Phi) is 8.52. The van der Waals surface area contributed by atoms with Crippen LogP contribution in [0.2, 0.25) is 0 Å². The number of fused-ring (bicyclic) bond motifs is 1. The van der Waals surface area contributed by atoms with Crippen molar-refractivity contribution < 1.29 is 9.72 Å². The number of benzene rings is 2. The monoisotopic (exact) mass is 476 g/mol. The van der Waals surface area contributed by atoms with Gasteiger partial charge in [-0.1, -0.05) is 32.9 Å². The number of non-ortho nitro benzene ring substituents is 1. The van der Waals surface area contributed by atoms with Crippen molar-refractivity contribution >= 4 is 28.6 Å². The van der Waals surface area contributed by atoms with Gasteiger partial charge in [0.1, 0.15) is 5.82 Å². The third-order valence-electron chi connectivity index (χ3n) is 6.02. The topological polar surface area (TPSA) is 98.3 Å². The van der Waals surface area contributed by atoms with E-state index >= 15 is 0 Å². The van der Waals surface area contributed by atoms with Gasteiger partial charge in [-0.25, -0.2) is 4.98 Å². The Bertz CT molecular complexity index is 1280. The lowest BCUT2D eigenvalue weighted by atomic mass is 10.1.